The number of fused-ring (bicyclic) bond motifs is 7. The number of hydrogen-bond acceptors (Lipinski definition) is 1. The summed E-state index contributed by atoms with van der Waals surface area (Å²) in [5, 5.41) is 13.6. The fourth-order valence-corrected chi connectivity index (χ4v) is 9.08. The lowest BCUT2D eigenvalue weighted by atomic mass is 9.90. The zero-order valence-electron chi connectivity index (χ0n) is 29.8. The molecule has 2 aromatic heterocycles. The summed E-state index contributed by atoms with van der Waals surface area (Å²) in [6.45, 7) is 0. The summed E-state index contributed by atoms with van der Waals surface area (Å²) < 4.78 is 4.76. The molecule has 0 fully saturated rings. The Morgan fingerprint density at radius 1 is 0.382 bits per heavy atom. The molecule has 0 saturated heterocycles. The average molecular weight is 699 g/mol. The molecule has 0 amide bonds. The van der Waals surface area contributed by atoms with Crippen LogP contribution in [0.25, 0.3) is 110 Å². The van der Waals surface area contributed by atoms with Gasteiger partial charge in [0.2, 0.25) is 0 Å². The normalized spacial score (nSPS) is 12.0. The van der Waals surface area contributed by atoms with Gasteiger partial charge in [-0.05, 0) is 121 Å². The molecule has 2 heterocycles. The van der Waals surface area contributed by atoms with E-state index in [4.69, 9.17) is 4.98 Å². The zero-order valence-corrected chi connectivity index (χ0v) is 29.8. The number of aromatic nitrogens is 3. The van der Waals surface area contributed by atoms with Gasteiger partial charge >= 0.3 is 5.82 Å². The van der Waals surface area contributed by atoms with Crippen LogP contribution in [0.15, 0.2) is 194 Å². The predicted molar refractivity (Wildman–Crippen MR) is 230 cm³/mol. The van der Waals surface area contributed by atoms with Gasteiger partial charge in [-0.3, -0.25) is 0 Å². The highest BCUT2D eigenvalue weighted by Gasteiger charge is 2.25. The molecular formula is C52H32N3+. The quantitative estimate of drug-likeness (QED) is 0.102. The minimum Gasteiger partial charge on any atom is -0.309 e. The van der Waals surface area contributed by atoms with Crippen molar-refractivity contribution in [3.05, 3.63) is 194 Å². The Morgan fingerprint density at radius 3 is 1.64 bits per heavy atom. The molecule has 0 aliphatic heterocycles. The second-order valence-corrected chi connectivity index (χ2v) is 14.6. The van der Waals surface area contributed by atoms with E-state index in [-0.39, 0.29) is 0 Å². The highest BCUT2D eigenvalue weighted by Crippen LogP contribution is 2.45. The third-order valence-corrected chi connectivity index (χ3v) is 11.6. The second kappa shape index (κ2) is 11.6. The van der Waals surface area contributed by atoms with Crippen molar-refractivity contribution in [2.75, 3.05) is 0 Å². The zero-order chi connectivity index (χ0) is 36.0. The van der Waals surface area contributed by atoms with E-state index in [0.29, 0.717) is 0 Å². The van der Waals surface area contributed by atoms with Crippen molar-refractivity contribution in [1.82, 2.24) is 9.55 Å². The Balaban J connectivity index is 1.19. The van der Waals surface area contributed by atoms with Gasteiger partial charge < -0.3 is 4.57 Å². The Hall–Kier alpha value is -7.36. The van der Waals surface area contributed by atoms with E-state index in [9.17, 15) is 0 Å². The van der Waals surface area contributed by atoms with Gasteiger partial charge in [-0.2, -0.15) is 4.57 Å². The molecular weight excluding hydrogens is 667 g/mol. The number of hydrogen-bond donors (Lipinski definition) is 0. The number of nitrogens with zero attached hydrogens (tertiary/aromatic N) is 3. The number of rotatable bonds is 4. The van der Waals surface area contributed by atoms with Crippen molar-refractivity contribution < 1.29 is 4.57 Å². The molecule has 0 unspecified atom stereocenters. The molecule has 10 aromatic carbocycles. The van der Waals surface area contributed by atoms with E-state index in [0.717, 1.165) is 33.7 Å². The number of benzene rings is 10. The molecule has 3 heteroatoms. The van der Waals surface area contributed by atoms with Crippen molar-refractivity contribution in [3.63, 3.8) is 0 Å². The van der Waals surface area contributed by atoms with Crippen LogP contribution in [0, 0.1) is 0 Å². The summed E-state index contributed by atoms with van der Waals surface area (Å²) in [6, 6.07) is 68.3. The van der Waals surface area contributed by atoms with E-state index >= 15 is 0 Å². The molecule has 0 aliphatic rings. The van der Waals surface area contributed by atoms with Crippen molar-refractivity contribution in [1.29, 1.82) is 0 Å². The maximum Gasteiger partial charge on any atom is 0.336 e. The molecule has 0 spiro atoms. The Labute approximate surface area is 316 Å². The van der Waals surface area contributed by atoms with Gasteiger partial charge in [-0.15, -0.1) is 0 Å². The lowest BCUT2D eigenvalue weighted by Crippen LogP contribution is -2.34. The summed E-state index contributed by atoms with van der Waals surface area (Å²) >= 11 is 0. The molecule has 0 bridgehead atoms. The predicted octanol–water partition coefficient (Wildman–Crippen LogP) is 13.0. The van der Waals surface area contributed by atoms with Gasteiger partial charge in [0.05, 0.1) is 22.0 Å². The molecule has 0 radical (unpaired) electrons. The summed E-state index contributed by atoms with van der Waals surface area (Å²) in [7, 11) is 0. The number of para-hydroxylation sites is 1. The van der Waals surface area contributed by atoms with Crippen molar-refractivity contribution in [3.8, 4) is 33.9 Å². The van der Waals surface area contributed by atoms with Crippen molar-refractivity contribution in [2.45, 2.75) is 0 Å². The van der Waals surface area contributed by atoms with Gasteiger partial charge in [0.15, 0.2) is 5.52 Å². The van der Waals surface area contributed by atoms with E-state index in [2.05, 4.69) is 203 Å². The highest BCUT2D eigenvalue weighted by molar-refractivity contribution is 6.36. The van der Waals surface area contributed by atoms with Gasteiger partial charge in [0, 0.05) is 21.8 Å². The minimum atomic E-state index is 0.915. The van der Waals surface area contributed by atoms with Crippen molar-refractivity contribution in [2.24, 2.45) is 0 Å². The smallest absolute Gasteiger partial charge is 0.309 e. The van der Waals surface area contributed by atoms with Crippen LogP contribution in [-0.4, -0.2) is 9.55 Å². The van der Waals surface area contributed by atoms with Crippen LogP contribution < -0.4 is 4.57 Å². The summed E-state index contributed by atoms with van der Waals surface area (Å²) in [5.41, 5.74) is 9.21. The van der Waals surface area contributed by atoms with Crippen LogP contribution in [0.4, 0.5) is 0 Å². The van der Waals surface area contributed by atoms with Crippen molar-refractivity contribution >= 4 is 75.8 Å². The highest BCUT2D eigenvalue weighted by atomic mass is 15.0. The van der Waals surface area contributed by atoms with E-state index in [1.807, 2.05) is 0 Å². The summed E-state index contributed by atoms with van der Waals surface area (Å²) in [4.78, 5) is 5.30. The molecule has 12 rings (SSSR count). The fraction of sp³-hybridized carbons (Fsp3) is 0. The Morgan fingerprint density at radius 2 is 0.927 bits per heavy atom. The average Bonchev–Trinajstić information content (AvgIpc) is 3.61. The summed E-state index contributed by atoms with van der Waals surface area (Å²) in [6.07, 6.45) is 2.26. The van der Waals surface area contributed by atoms with E-state index in [1.165, 1.54) is 76.0 Å². The van der Waals surface area contributed by atoms with Crippen LogP contribution in [0.1, 0.15) is 0 Å². The monoisotopic (exact) mass is 698 g/mol. The van der Waals surface area contributed by atoms with Gasteiger partial charge in [0.1, 0.15) is 11.9 Å². The van der Waals surface area contributed by atoms with Crippen LogP contribution in [0.5, 0.6) is 0 Å². The fourth-order valence-electron chi connectivity index (χ4n) is 9.08. The minimum absolute atomic E-state index is 0.915. The van der Waals surface area contributed by atoms with Gasteiger partial charge in [-0.25, -0.2) is 0 Å². The third kappa shape index (κ3) is 4.44. The Kier molecular flexibility index (Phi) is 6.34. The topological polar surface area (TPSA) is 21.7 Å². The molecule has 0 atom stereocenters. The largest absolute Gasteiger partial charge is 0.336 e. The molecule has 0 N–H and O–H groups in total. The molecule has 0 saturated carbocycles. The maximum atomic E-state index is 5.30. The first-order chi connectivity index (χ1) is 27.3. The van der Waals surface area contributed by atoms with Crippen LogP contribution in [0.2, 0.25) is 0 Å². The first kappa shape index (κ1) is 30.1. The first-order valence-corrected chi connectivity index (χ1v) is 18.9. The lowest BCUT2D eigenvalue weighted by Gasteiger charge is -2.15. The Bertz CT molecular complexity index is 3450. The van der Waals surface area contributed by atoms with Crippen LogP contribution >= 0.6 is 0 Å². The molecule has 0 aliphatic carbocycles. The second-order valence-electron chi connectivity index (χ2n) is 14.6. The lowest BCUT2D eigenvalue weighted by molar-refractivity contribution is -0.583. The third-order valence-electron chi connectivity index (χ3n) is 11.6. The van der Waals surface area contributed by atoms with E-state index < -0.39 is 0 Å². The molecule has 3 nitrogen and oxygen atoms in total. The summed E-state index contributed by atoms with van der Waals surface area (Å²) in [5.74, 6) is 0.915. The van der Waals surface area contributed by atoms with E-state index in [1.54, 1.807) is 0 Å². The van der Waals surface area contributed by atoms with Crippen LogP contribution in [0.3, 0.4) is 0 Å². The SMILES string of the molecule is c1ccc(-c2ccc(-n3c4cccc5c6cc7c(-[n+]8cc9ccccc9nc8-c8ccccc8)cc8ccccc8c7cc6c6cccc3c6c54)cc2)cc1. The standard InChI is InChI=1S/C52H32N3/c1-3-13-33(14-4-1)34-25-27-38(28-26-34)55-47-23-11-20-40-43-30-42-39-19-9-7-17-36(39)29-49(45(42)31-44(43)41-21-12-24-48(55)51(41)50(40)47)54-32-37-18-8-10-22-46(37)53-52(54)35-15-5-2-6-16-35/h1-32H/q+1. The molecule has 254 valence electrons. The molecule has 55 heavy (non-hydrogen) atoms. The van der Waals surface area contributed by atoms with Gasteiger partial charge in [0.25, 0.3) is 0 Å². The maximum absolute atomic E-state index is 5.30. The van der Waals surface area contributed by atoms with Gasteiger partial charge in [-0.1, -0.05) is 121 Å². The van der Waals surface area contributed by atoms with Crippen LogP contribution in [-0.2, 0) is 0 Å². The molecule has 12 aromatic rings. The first-order valence-electron chi connectivity index (χ1n) is 18.9.